The van der Waals surface area contributed by atoms with E-state index in [0.717, 1.165) is 17.8 Å². The van der Waals surface area contributed by atoms with Gasteiger partial charge in [0.2, 0.25) is 0 Å². The highest BCUT2D eigenvalue weighted by Crippen LogP contribution is 2.18. The summed E-state index contributed by atoms with van der Waals surface area (Å²) in [5.74, 6) is -1.42. The number of amidine groups is 1. The number of halogens is 2. The molecule has 3 N–H and O–H groups in total. The van der Waals surface area contributed by atoms with E-state index in [-0.39, 0.29) is 11.7 Å². The van der Waals surface area contributed by atoms with Crippen molar-refractivity contribution in [3.8, 4) is 0 Å². The first kappa shape index (κ1) is 14.7. The summed E-state index contributed by atoms with van der Waals surface area (Å²) in [6, 6.07) is 7.74. The molecule has 2 rings (SSSR count). The van der Waals surface area contributed by atoms with E-state index in [0.29, 0.717) is 12.1 Å². The van der Waals surface area contributed by atoms with E-state index < -0.39 is 11.6 Å². The van der Waals surface area contributed by atoms with Crippen LogP contribution in [0.15, 0.2) is 41.7 Å². The van der Waals surface area contributed by atoms with Gasteiger partial charge in [0.05, 0.1) is 6.20 Å². The summed E-state index contributed by atoms with van der Waals surface area (Å²) in [5.41, 5.74) is 6.88. The van der Waals surface area contributed by atoms with E-state index >= 15 is 0 Å². The van der Waals surface area contributed by atoms with Crippen molar-refractivity contribution in [2.75, 3.05) is 11.9 Å². The molecule has 7 heteroatoms. The number of nitrogens with two attached hydrogens (primary N) is 1. The Kier molecular flexibility index (Phi) is 4.32. The highest BCUT2D eigenvalue weighted by atomic mass is 19.1. The monoisotopic (exact) mass is 292 g/mol. The predicted octanol–water partition coefficient (Wildman–Crippen LogP) is 2.09. The van der Waals surface area contributed by atoms with E-state index in [1.165, 1.54) is 0 Å². The van der Waals surface area contributed by atoms with Crippen molar-refractivity contribution in [3.63, 3.8) is 0 Å². The average molecular weight is 292 g/mol. The second-order valence-corrected chi connectivity index (χ2v) is 4.50. The molecular weight excluding hydrogens is 278 g/mol. The van der Waals surface area contributed by atoms with E-state index in [4.69, 9.17) is 10.9 Å². The molecule has 21 heavy (non-hydrogen) atoms. The third kappa shape index (κ3) is 3.44. The van der Waals surface area contributed by atoms with Crippen LogP contribution in [0, 0.1) is 11.6 Å². The van der Waals surface area contributed by atoms with Gasteiger partial charge < -0.3 is 15.8 Å². The number of hydrogen-bond acceptors (Lipinski definition) is 4. The zero-order valence-electron chi connectivity index (χ0n) is 11.3. The van der Waals surface area contributed by atoms with E-state index in [1.807, 2.05) is 6.07 Å². The summed E-state index contributed by atoms with van der Waals surface area (Å²) in [6.07, 6.45) is 0.960. The first-order valence-electron chi connectivity index (χ1n) is 6.10. The minimum Gasteiger partial charge on any atom is -0.409 e. The smallest absolute Gasteiger partial charge is 0.170 e. The number of oxime groups is 1. The molecule has 1 heterocycles. The van der Waals surface area contributed by atoms with Gasteiger partial charge in [0, 0.05) is 25.2 Å². The van der Waals surface area contributed by atoms with Crippen molar-refractivity contribution < 1.29 is 14.0 Å². The van der Waals surface area contributed by atoms with Gasteiger partial charge in [-0.1, -0.05) is 23.4 Å². The molecule has 0 bridgehead atoms. The molecule has 0 aliphatic carbocycles. The number of pyridine rings is 1. The molecule has 1 aromatic heterocycles. The average Bonchev–Trinajstić information content (AvgIpc) is 2.46. The Labute approximate surface area is 120 Å². The maximum absolute atomic E-state index is 13.6. The molecule has 0 aliphatic heterocycles. The molecule has 1 aromatic carbocycles. The Morgan fingerprint density at radius 1 is 1.38 bits per heavy atom. The maximum atomic E-state index is 13.6. The van der Waals surface area contributed by atoms with Crippen LogP contribution in [-0.4, -0.2) is 23.1 Å². The van der Waals surface area contributed by atoms with Crippen molar-refractivity contribution in [2.45, 2.75) is 6.54 Å². The van der Waals surface area contributed by atoms with Crippen LogP contribution < -0.4 is 10.6 Å². The van der Waals surface area contributed by atoms with Crippen LogP contribution in [0.2, 0.25) is 0 Å². The molecule has 2 aromatic rings. The lowest BCUT2D eigenvalue weighted by atomic mass is 10.1. The van der Waals surface area contributed by atoms with Crippen LogP contribution in [0.25, 0.3) is 0 Å². The maximum Gasteiger partial charge on any atom is 0.170 e. The highest BCUT2D eigenvalue weighted by molar-refractivity contribution is 5.97. The lowest BCUT2D eigenvalue weighted by Gasteiger charge is -2.19. The SMILES string of the molecule is CN(Cc1cccc(/C(N)=N/O)c1)c1ncc(F)cc1F. The second-order valence-electron chi connectivity index (χ2n) is 4.50. The van der Waals surface area contributed by atoms with Gasteiger partial charge in [-0.25, -0.2) is 13.8 Å². The molecule has 5 nitrogen and oxygen atoms in total. The van der Waals surface area contributed by atoms with Gasteiger partial charge in [0.1, 0.15) is 5.82 Å². The third-order valence-corrected chi connectivity index (χ3v) is 2.90. The normalized spacial score (nSPS) is 11.5. The fraction of sp³-hybridized carbons (Fsp3) is 0.143. The van der Waals surface area contributed by atoms with Crippen LogP contribution >= 0.6 is 0 Å². The first-order valence-corrected chi connectivity index (χ1v) is 6.10. The van der Waals surface area contributed by atoms with E-state index in [1.54, 1.807) is 30.1 Å². The molecule has 0 aliphatic rings. The number of rotatable bonds is 4. The van der Waals surface area contributed by atoms with Gasteiger partial charge in [-0.05, 0) is 11.6 Å². The number of nitrogens with zero attached hydrogens (tertiary/aromatic N) is 3. The van der Waals surface area contributed by atoms with Gasteiger partial charge in [0.25, 0.3) is 0 Å². The molecule has 0 unspecified atom stereocenters. The first-order chi connectivity index (χ1) is 10.0. The third-order valence-electron chi connectivity index (χ3n) is 2.90. The van der Waals surface area contributed by atoms with Crippen LogP contribution in [-0.2, 0) is 6.54 Å². The molecular formula is C14H14F2N4O. The number of anilines is 1. The Balaban J connectivity index is 2.21. The molecule has 0 atom stereocenters. The van der Waals surface area contributed by atoms with Gasteiger partial charge in [-0.3, -0.25) is 0 Å². The largest absolute Gasteiger partial charge is 0.409 e. The Bertz CT molecular complexity index is 676. The number of aromatic nitrogens is 1. The Morgan fingerprint density at radius 2 is 2.14 bits per heavy atom. The minimum absolute atomic E-state index is 0.00871. The van der Waals surface area contributed by atoms with Crippen molar-refractivity contribution in [1.29, 1.82) is 0 Å². The van der Waals surface area contributed by atoms with Crippen LogP contribution in [0.1, 0.15) is 11.1 Å². The van der Waals surface area contributed by atoms with Crippen molar-refractivity contribution >= 4 is 11.7 Å². The summed E-state index contributed by atoms with van der Waals surface area (Å²) in [6.45, 7) is 0.335. The van der Waals surface area contributed by atoms with Gasteiger partial charge in [-0.15, -0.1) is 0 Å². The molecule has 110 valence electrons. The van der Waals surface area contributed by atoms with Gasteiger partial charge in [0.15, 0.2) is 17.5 Å². The van der Waals surface area contributed by atoms with Crippen LogP contribution in [0.4, 0.5) is 14.6 Å². The Morgan fingerprint density at radius 3 is 2.81 bits per heavy atom. The topological polar surface area (TPSA) is 74.7 Å². The van der Waals surface area contributed by atoms with Gasteiger partial charge in [-0.2, -0.15) is 0 Å². The molecule has 0 amide bonds. The van der Waals surface area contributed by atoms with Crippen molar-refractivity contribution in [1.82, 2.24) is 4.98 Å². The summed E-state index contributed by atoms with van der Waals surface area (Å²) < 4.78 is 26.5. The zero-order chi connectivity index (χ0) is 15.4. The summed E-state index contributed by atoms with van der Waals surface area (Å²) in [5, 5.41) is 11.6. The highest BCUT2D eigenvalue weighted by Gasteiger charge is 2.11. The van der Waals surface area contributed by atoms with Gasteiger partial charge >= 0.3 is 0 Å². The van der Waals surface area contributed by atoms with Crippen molar-refractivity contribution in [3.05, 3.63) is 59.3 Å². The summed E-state index contributed by atoms with van der Waals surface area (Å²) in [7, 11) is 1.64. The fourth-order valence-corrected chi connectivity index (χ4v) is 1.92. The molecule has 0 radical (unpaired) electrons. The molecule has 0 saturated heterocycles. The second kappa shape index (κ2) is 6.17. The zero-order valence-corrected chi connectivity index (χ0v) is 11.3. The minimum atomic E-state index is -0.731. The predicted molar refractivity (Wildman–Crippen MR) is 75.2 cm³/mol. The summed E-state index contributed by atoms with van der Waals surface area (Å²) in [4.78, 5) is 5.28. The molecule has 0 saturated carbocycles. The van der Waals surface area contributed by atoms with E-state index in [9.17, 15) is 8.78 Å². The number of hydrogen-bond donors (Lipinski definition) is 2. The number of benzene rings is 1. The quantitative estimate of drug-likeness (QED) is 0.391. The Hall–Kier alpha value is -2.70. The van der Waals surface area contributed by atoms with Crippen LogP contribution in [0.5, 0.6) is 0 Å². The van der Waals surface area contributed by atoms with Crippen LogP contribution in [0.3, 0.4) is 0 Å². The standard InChI is InChI=1S/C14H14F2N4O/c1-20(14-12(16)6-11(15)7-18-14)8-9-3-2-4-10(5-9)13(17)19-21/h2-7,21H,8H2,1H3,(H2,17,19). The fourth-order valence-electron chi connectivity index (χ4n) is 1.92. The summed E-state index contributed by atoms with van der Waals surface area (Å²) >= 11 is 0. The van der Waals surface area contributed by atoms with Crippen molar-refractivity contribution in [2.24, 2.45) is 10.9 Å². The molecule has 0 spiro atoms. The molecule has 0 fully saturated rings. The lowest BCUT2D eigenvalue weighted by molar-refractivity contribution is 0.318. The van der Waals surface area contributed by atoms with E-state index in [2.05, 4.69) is 10.1 Å². The lowest BCUT2D eigenvalue weighted by Crippen LogP contribution is -2.20.